The highest BCUT2D eigenvalue weighted by Crippen LogP contribution is 2.60. The summed E-state index contributed by atoms with van der Waals surface area (Å²) in [4.78, 5) is 24.5. The average molecular weight is 398 g/mol. The summed E-state index contributed by atoms with van der Waals surface area (Å²) in [6.45, 7) is 0. The number of hydrogen-bond donors (Lipinski definition) is 1. The van der Waals surface area contributed by atoms with Crippen LogP contribution in [0.2, 0.25) is 0 Å². The molecule has 1 unspecified atom stereocenters. The standard InChI is InChI=1S/C16H21F3O6S/c17-16(18,19)13(8-26(22,23)24)25-14(21)4-12(20)15-5-9-1-10(6-15)3-11(2-9)7-15/h9-11,13H,1-8H2,(H,22,23,24). The Morgan fingerprint density at radius 2 is 1.54 bits per heavy atom. The minimum Gasteiger partial charge on any atom is -0.451 e. The third-order valence-corrected chi connectivity index (χ3v) is 6.66. The lowest BCUT2D eigenvalue weighted by Crippen LogP contribution is -2.50. The monoisotopic (exact) mass is 398 g/mol. The smallest absolute Gasteiger partial charge is 0.426 e. The Bertz CT molecular complexity index is 664. The van der Waals surface area contributed by atoms with Crippen molar-refractivity contribution in [2.45, 2.75) is 57.2 Å². The van der Waals surface area contributed by atoms with Gasteiger partial charge in [-0.2, -0.15) is 21.6 Å². The predicted molar refractivity (Wildman–Crippen MR) is 82.6 cm³/mol. The second kappa shape index (κ2) is 6.47. The number of alkyl halides is 3. The van der Waals surface area contributed by atoms with E-state index in [0.29, 0.717) is 37.0 Å². The summed E-state index contributed by atoms with van der Waals surface area (Å²) in [5, 5.41) is 0. The van der Waals surface area contributed by atoms with E-state index in [2.05, 4.69) is 4.74 Å². The molecule has 0 aliphatic heterocycles. The molecule has 4 rings (SSSR count). The first kappa shape index (κ1) is 19.6. The number of ketones is 1. The van der Waals surface area contributed by atoms with Gasteiger partial charge < -0.3 is 4.74 Å². The number of halogens is 3. The molecular formula is C16H21F3O6S. The summed E-state index contributed by atoms with van der Waals surface area (Å²) < 4.78 is 72.7. The van der Waals surface area contributed by atoms with Crippen LogP contribution in [0.5, 0.6) is 0 Å². The fourth-order valence-corrected chi connectivity index (χ4v) is 6.00. The number of Topliss-reactive ketones (excluding diaryl/α,β-unsaturated/α-hetero) is 1. The molecule has 10 heteroatoms. The van der Waals surface area contributed by atoms with Gasteiger partial charge in [-0.15, -0.1) is 0 Å². The molecule has 148 valence electrons. The number of carbonyl (C=O) groups is 2. The Hall–Kier alpha value is -1.16. The topological polar surface area (TPSA) is 97.7 Å². The van der Waals surface area contributed by atoms with E-state index in [1.807, 2.05) is 0 Å². The van der Waals surface area contributed by atoms with Crippen LogP contribution in [0, 0.1) is 23.2 Å². The van der Waals surface area contributed by atoms with Gasteiger partial charge in [0.15, 0.2) is 0 Å². The molecule has 4 saturated carbocycles. The highest BCUT2D eigenvalue weighted by atomic mass is 32.2. The van der Waals surface area contributed by atoms with Crippen molar-refractivity contribution in [1.29, 1.82) is 0 Å². The zero-order chi connectivity index (χ0) is 19.3. The van der Waals surface area contributed by atoms with Crippen LogP contribution in [0.3, 0.4) is 0 Å². The molecule has 0 spiro atoms. The molecule has 0 radical (unpaired) electrons. The number of rotatable bonds is 6. The minimum absolute atomic E-state index is 0.408. The number of hydrogen-bond acceptors (Lipinski definition) is 5. The van der Waals surface area contributed by atoms with E-state index in [9.17, 15) is 31.2 Å². The molecule has 0 heterocycles. The highest BCUT2D eigenvalue weighted by Gasteiger charge is 2.54. The largest absolute Gasteiger partial charge is 0.451 e. The van der Waals surface area contributed by atoms with E-state index in [1.54, 1.807) is 0 Å². The zero-order valence-corrected chi connectivity index (χ0v) is 14.8. The molecule has 0 saturated heterocycles. The van der Waals surface area contributed by atoms with Crippen LogP contribution in [0.4, 0.5) is 13.2 Å². The molecule has 1 N–H and O–H groups in total. The van der Waals surface area contributed by atoms with Gasteiger partial charge in [-0.25, -0.2) is 0 Å². The third kappa shape index (κ3) is 4.21. The van der Waals surface area contributed by atoms with Gasteiger partial charge in [0.05, 0.1) is 0 Å². The van der Waals surface area contributed by atoms with Gasteiger partial charge >= 0.3 is 12.1 Å². The Balaban J connectivity index is 1.64. The highest BCUT2D eigenvalue weighted by molar-refractivity contribution is 7.85. The van der Waals surface area contributed by atoms with Crippen LogP contribution in [0.15, 0.2) is 0 Å². The average Bonchev–Trinajstić information content (AvgIpc) is 2.42. The number of esters is 1. The summed E-state index contributed by atoms with van der Waals surface area (Å²) >= 11 is 0. The van der Waals surface area contributed by atoms with Crippen molar-refractivity contribution >= 4 is 21.9 Å². The predicted octanol–water partition coefficient (Wildman–Crippen LogP) is 2.52. The Morgan fingerprint density at radius 3 is 1.92 bits per heavy atom. The number of ether oxygens (including phenoxy) is 1. The van der Waals surface area contributed by atoms with Gasteiger partial charge in [0.25, 0.3) is 10.1 Å². The third-order valence-electron chi connectivity index (χ3n) is 5.94. The van der Waals surface area contributed by atoms with Crippen molar-refractivity contribution in [3.05, 3.63) is 0 Å². The molecule has 4 bridgehead atoms. The second-order valence-electron chi connectivity index (χ2n) is 8.07. The Morgan fingerprint density at radius 1 is 1.08 bits per heavy atom. The van der Waals surface area contributed by atoms with Gasteiger partial charge in [0, 0.05) is 5.41 Å². The molecule has 4 fully saturated rings. The first-order valence-corrected chi connectivity index (χ1v) is 10.2. The molecule has 0 aromatic carbocycles. The van der Waals surface area contributed by atoms with Crippen molar-refractivity contribution in [3.8, 4) is 0 Å². The molecule has 0 aromatic rings. The van der Waals surface area contributed by atoms with Crippen LogP contribution < -0.4 is 0 Å². The second-order valence-corrected chi connectivity index (χ2v) is 9.56. The van der Waals surface area contributed by atoms with Gasteiger partial charge in [-0.05, 0) is 56.3 Å². The lowest BCUT2D eigenvalue weighted by Gasteiger charge is -2.55. The summed E-state index contributed by atoms with van der Waals surface area (Å²) in [5.74, 6) is -2.30. The van der Waals surface area contributed by atoms with Gasteiger partial charge in [0.2, 0.25) is 6.10 Å². The maximum atomic E-state index is 12.8. The van der Waals surface area contributed by atoms with Crippen LogP contribution in [0.25, 0.3) is 0 Å². The number of carbonyl (C=O) groups excluding carboxylic acids is 2. The molecule has 26 heavy (non-hydrogen) atoms. The molecule has 1 atom stereocenters. The van der Waals surface area contributed by atoms with E-state index in [4.69, 9.17) is 4.55 Å². The Labute approximate surface area is 149 Å². The SMILES string of the molecule is O=C(CC(=O)C12CC3CC(CC(C3)C1)C2)OC(CS(=O)(=O)O)C(F)(F)F. The molecule has 6 nitrogen and oxygen atoms in total. The van der Waals surface area contributed by atoms with E-state index in [0.717, 1.165) is 19.3 Å². The molecule has 0 amide bonds. The quantitative estimate of drug-likeness (QED) is 0.419. The van der Waals surface area contributed by atoms with Crippen LogP contribution >= 0.6 is 0 Å². The lowest BCUT2D eigenvalue weighted by molar-refractivity contribution is -0.215. The fourth-order valence-electron chi connectivity index (χ4n) is 5.36. The van der Waals surface area contributed by atoms with E-state index in [1.165, 1.54) is 0 Å². The Kier molecular flexibility index (Phi) is 4.88. The molecule has 4 aliphatic rings. The maximum absolute atomic E-state index is 12.8. The zero-order valence-electron chi connectivity index (χ0n) is 14.0. The van der Waals surface area contributed by atoms with Crippen molar-refractivity contribution in [1.82, 2.24) is 0 Å². The first-order chi connectivity index (χ1) is 11.9. The van der Waals surface area contributed by atoms with Crippen molar-refractivity contribution in [3.63, 3.8) is 0 Å². The summed E-state index contributed by atoms with van der Waals surface area (Å²) in [5.41, 5.74) is -0.648. The van der Waals surface area contributed by atoms with Crippen molar-refractivity contribution in [2.75, 3.05) is 5.75 Å². The van der Waals surface area contributed by atoms with Crippen LogP contribution in [0.1, 0.15) is 44.9 Å². The van der Waals surface area contributed by atoms with Crippen LogP contribution in [-0.2, 0) is 24.4 Å². The van der Waals surface area contributed by atoms with Gasteiger partial charge in [0.1, 0.15) is 18.0 Å². The van der Waals surface area contributed by atoms with Gasteiger partial charge in [-0.3, -0.25) is 14.1 Å². The fraction of sp³-hybridized carbons (Fsp3) is 0.875. The molecule has 4 aliphatic carbocycles. The van der Waals surface area contributed by atoms with Gasteiger partial charge in [-0.1, -0.05) is 0 Å². The van der Waals surface area contributed by atoms with E-state index in [-0.39, 0.29) is 0 Å². The maximum Gasteiger partial charge on any atom is 0.426 e. The molecular weight excluding hydrogens is 377 g/mol. The normalized spacial score (nSPS) is 34.5. The summed E-state index contributed by atoms with van der Waals surface area (Å²) in [7, 11) is -5.00. The van der Waals surface area contributed by atoms with Crippen molar-refractivity contribution < 1.29 is 40.5 Å². The summed E-state index contributed by atoms with van der Waals surface area (Å²) in [6.07, 6.45) is -3.74. The van der Waals surface area contributed by atoms with E-state index < -0.39 is 51.7 Å². The first-order valence-electron chi connectivity index (χ1n) is 8.61. The lowest BCUT2D eigenvalue weighted by atomic mass is 9.48. The molecule has 0 aromatic heterocycles. The van der Waals surface area contributed by atoms with Crippen molar-refractivity contribution in [2.24, 2.45) is 23.2 Å². The summed E-state index contributed by atoms with van der Waals surface area (Å²) in [6, 6.07) is 0. The van der Waals surface area contributed by atoms with E-state index >= 15 is 0 Å². The van der Waals surface area contributed by atoms with Crippen LogP contribution in [-0.4, -0.2) is 42.8 Å². The minimum atomic E-state index is -5.16.